The van der Waals surface area contributed by atoms with Crippen molar-refractivity contribution in [1.82, 2.24) is 0 Å². The maximum atomic E-state index is 13.6. The number of hydrogen-bond acceptors (Lipinski definition) is 4. The Morgan fingerprint density at radius 3 is 2.57 bits per heavy atom. The number of benzene rings is 1. The zero-order valence-corrected chi connectivity index (χ0v) is 12.7. The summed E-state index contributed by atoms with van der Waals surface area (Å²) in [6, 6.07) is 2.19. The predicted octanol–water partition coefficient (Wildman–Crippen LogP) is 2.49. The maximum Gasteiger partial charge on any atom is 0.146 e. The number of ether oxygens (including phenoxy) is 2. The summed E-state index contributed by atoms with van der Waals surface area (Å²) in [6.45, 7) is 6.35. The Hall–Kier alpha value is -1.24. The second kappa shape index (κ2) is 8.92. The zero-order valence-electron chi connectivity index (χ0n) is 12.7. The van der Waals surface area contributed by atoms with Gasteiger partial charge in [0.25, 0.3) is 0 Å². The molecule has 0 bridgehead atoms. The smallest absolute Gasteiger partial charge is 0.146 e. The Bertz CT molecular complexity index is 441. The van der Waals surface area contributed by atoms with Crippen molar-refractivity contribution >= 4 is 5.69 Å². The van der Waals surface area contributed by atoms with Crippen LogP contribution < -0.4 is 5.32 Å². The summed E-state index contributed by atoms with van der Waals surface area (Å²) in [6.07, 6.45) is -0.674. The van der Waals surface area contributed by atoms with E-state index in [1.807, 2.05) is 13.8 Å². The Morgan fingerprint density at radius 1 is 1.19 bits per heavy atom. The molecule has 1 atom stereocenters. The van der Waals surface area contributed by atoms with Crippen molar-refractivity contribution in [2.45, 2.75) is 33.0 Å². The van der Waals surface area contributed by atoms with Gasteiger partial charge < -0.3 is 19.9 Å². The Morgan fingerprint density at radius 2 is 1.90 bits per heavy atom. The van der Waals surface area contributed by atoms with Gasteiger partial charge in [0, 0.05) is 12.6 Å². The molecule has 1 unspecified atom stereocenters. The molecule has 21 heavy (non-hydrogen) atoms. The van der Waals surface area contributed by atoms with Crippen molar-refractivity contribution in [3.63, 3.8) is 0 Å². The van der Waals surface area contributed by atoms with Crippen LogP contribution in [0.15, 0.2) is 12.1 Å². The molecule has 0 aliphatic rings. The molecule has 1 aromatic carbocycles. The monoisotopic (exact) mass is 303 g/mol. The van der Waals surface area contributed by atoms with E-state index in [0.717, 1.165) is 12.1 Å². The highest BCUT2D eigenvalue weighted by molar-refractivity contribution is 5.46. The average molecular weight is 303 g/mol. The van der Waals surface area contributed by atoms with Crippen molar-refractivity contribution in [3.05, 3.63) is 29.3 Å². The number of hydrogen-bond donors (Lipinski definition) is 2. The molecule has 0 aliphatic carbocycles. The van der Waals surface area contributed by atoms with E-state index in [2.05, 4.69) is 5.32 Å². The van der Waals surface area contributed by atoms with Crippen LogP contribution in [-0.4, -0.2) is 43.7 Å². The van der Waals surface area contributed by atoms with E-state index in [1.165, 1.54) is 6.92 Å². The molecule has 2 N–H and O–H groups in total. The van der Waals surface area contributed by atoms with Gasteiger partial charge in [0.15, 0.2) is 0 Å². The number of aliphatic hydroxyl groups excluding tert-OH is 1. The summed E-state index contributed by atoms with van der Waals surface area (Å²) in [5.74, 6) is -1.04. The van der Waals surface area contributed by atoms with Gasteiger partial charge in [0.05, 0.1) is 37.7 Å². The number of anilines is 1. The van der Waals surface area contributed by atoms with Gasteiger partial charge in [0.2, 0.25) is 0 Å². The zero-order chi connectivity index (χ0) is 15.8. The molecule has 0 saturated heterocycles. The molecular formula is C15H23F2NO3. The number of rotatable bonds is 9. The van der Waals surface area contributed by atoms with Crippen LogP contribution in [0.2, 0.25) is 0 Å². The van der Waals surface area contributed by atoms with Crippen LogP contribution in [0.5, 0.6) is 0 Å². The molecule has 0 saturated carbocycles. The van der Waals surface area contributed by atoms with E-state index in [1.54, 1.807) is 0 Å². The van der Waals surface area contributed by atoms with Crippen LogP contribution in [0.25, 0.3) is 0 Å². The third-order valence-electron chi connectivity index (χ3n) is 2.77. The third-order valence-corrected chi connectivity index (χ3v) is 2.77. The first-order valence-corrected chi connectivity index (χ1v) is 6.97. The van der Waals surface area contributed by atoms with E-state index >= 15 is 0 Å². The van der Waals surface area contributed by atoms with Gasteiger partial charge >= 0.3 is 0 Å². The number of aryl methyl sites for hydroxylation is 1. The lowest BCUT2D eigenvalue weighted by molar-refractivity contribution is -0.00735. The van der Waals surface area contributed by atoms with Crippen molar-refractivity contribution in [1.29, 1.82) is 0 Å². The topological polar surface area (TPSA) is 50.7 Å². The molecule has 0 heterocycles. The van der Waals surface area contributed by atoms with Crippen LogP contribution in [-0.2, 0) is 9.47 Å². The summed E-state index contributed by atoms with van der Waals surface area (Å²) in [5.41, 5.74) is 0.271. The van der Waals surface area contributed by atoms with Gasteiger partial charge in [-0.3, -0.25) is 0 Å². The van der Waals surface area contributed by atoms with Gasteiger partial charge in [-0.15, -0.1) is 0 Å². The minimum atomic E-state index is -0.812. The molecule has 6 heteroatoms. The van der Waals surface area contributed by atoms with E-state index in [9.17, 15) is 13.9 Å². The highest BCUT2D eigenvalue weighted by atomic mass is 19.1. The summed E-state index contributed by atoms with van der Waals surface area (Å²) < 4.78 is 37.4. The molecule has 1 rings (SSSR count). The molecule has 120 valence electrons. The largest absolute Gasteiger partial charge is 0.389 e. The highest BCUT2D eigenvalue weighted by Gasteiger charge is 2.09. The SMILES string of the molecule is Cc1cc(F)c(NCC(O)COCCOC(C)C)cc1F. The molecule has 4 nitrogen and oxygen atoms in total. The average Bonchev–Trinajstić information content (AvgIpc) is 2.40. The van der Waals surface area contributed by atoms with Gasteiger partial charge in [-0.05, 0) is 32.4 Å². The molecule has 0 aliphatic heterocycles. The Balaban J connectivity index is 2.27. The standard InChI is InChI=1S/C15H23F2NO3/c1-10(2)21-5-4-20-9-12(19)8-18-15-7-13(16)11(3)6-14(15)17/h6-7,10,12,18-19H,4-5,8-9H2,1-3H3. The van der Waals surface area contributed by atoms with Crippen LogP contribution in [0.3, 0.4) is 0 Å². The fraction of sp³-hybridized carbons (Fsp3) is 0.600. The van der Waals surface area contributed by atoms with Crippen molar-refractivity contribution < 1.29 is 23.4 Å². The summed E-state index contributed by atoms with van der Waals surface area (Å²) in [5, 5.41) is 12.4. The number of nitrogens with one attached hydrogen (secondary N) is 1. The predicted molar refractivity (Wildman–Crippen MR) is 77.5 cm³/mol. The van der Waals surface area contributed by atoms with Crippen LogP contribution in [0.1, 0.15) is 19.4 Å². The van der Waals surface area contributed by atoms with Crippen LogP contribution in [0, 0.1) is 18.6 Å². The fourth-order valence-corrected chi connectivity index (χ4v) is 1.63. The van der Waals surface area contributed by atoms with Gasteiger partial charge in [-0.25, -0.2) is 8.78 Å². The first kappa shape index (κ1) is 17.8. The van der Waals surface area contributed by atoms with Crippen molar-refractivity contribution in [2.75, 3.05) is 31.7 Å². The summed E-state index contributed by atoms with van der Waals surface area (Å²) >= 11 is 0. The lowest BCUT2D eigenvalue weighted by Gasteiger charge is -2.14. The molecule has 0 spiro atoms. The maximum absolute atomic E-state index is 13.6. The first-order chi connectivity index (χ1) is 9.90. The number of aliphatic hydroxyl groups is 1. The molecule has 1 aromatic rings. The van der Waals surface area contributed by atoms with Gasteiger partial charge in [0.1, 0.15) is 11.6 Å². The number of halogens is 2. The van der Waals surface area contributed by atoms with Crippen LogP contribution in [0.4, 0.5) is 14.5 Å². The summed E-state index contributed by atoms with van der Waals surface area (Å²) in [4.78, 5) is 0. The second-order valence-electron chi connectivity index (χ2n) is 5.11. The second-order valence-corrected chi connectivity index (χ2v) is 5.11. The highest BCUT2D eigenvalue weighted by Crippen LogP contribution is 2.18. The summed E-state index contributed by atoms with van der Waals surface area (Å²) in [7, 11) is 0. The third kappa shape index (κ3) is 6.84. The molecule has 0 radical (unpaired) electrons. The minimum absolute atomic E-state index is 0.0280. The Kier molecular flexibility index (Phi) is 7.56. The quantitative estimate of drug-likeness (QED) is 0.688. The van der Waals surface area contributed by atoms with E-state index in [-0.39, 0.29) is 30.5 Å². The molecular weight excluding hydrogens is 280 g/mol. The molecule has 0 aromatic heterocycles. The van der Waals surface area contributed by atoms with Crippen LogP contribution >= 0.6 is 0 Å². The lowest BCUT2D eigenvalue weighted by atomic mass is 10.2. The van der Waals surface area contributed by atoms with Crippen molar-refractivity contribution in [3.8, 4) is 0 Å². The van der Waals surface area contributed by atoms with E-state index in [0.29, 0.717) is 13.2 Å². The molecule has 0 fully saturated rings. The lowest BCUT2D eigenvalue weighted by Crippen LogP contribution is -2.26. The van der Waals surface area contributed by atoms with E-state index in [4.69, 9.17) is 9.47 Å². The van der Waals surface area contributed by atoms with Gasteiger partial charge in [-0.1, -0.05) is 0 Å². The van der Waals surface area contributed by atoms with Crippen molar-refractivity contribution in [2.24, 2.45) is 0 Å². The molecule has 0 amide bonds. The van der Waals surface area contributed by atoms with E-state index < -0.39 is 17.7 Å². The first-order valence-electron chi connectivity index (χ1n) is 6.97. The van der Waals surface area contributed by atoms with Gasteiger partial charge in [-0.2, -0.15) is 0 Å². The fourth-order valence-electron chi connectivity index (χ4n) is 1.63. The Labute approximate surface area is 124 Å². The minimum Gasteiger partial charge on any atom is -0.389 e. The normalized spacial score (nSPS) is 12.7.